The molecule has 4 rings (SSSR count). The number of hydrogen-bond donors (Lipinski definition) is 1. The molecule has 1 saturated heterocycles. The van der Waals surface area contributed by atoms with Crippen LogP contribution in [0.3, 0.4) is 0 Å². The number of ether oxygens (including phenoxy) is 1. The molecule has 7 nitrogen and oxygen atoms in total. The van der Waals surface area contributed by atoms with Crippen molar-refractivity contribution in [2.45, 2.75) is 44.3 Å². The van der Waals surface area contributed by atoms with Crippen LogP contribution >= 0.6 is 11.3 Å². The summed E-state index contributed by atoms with van der Waals surface area (Å²) in [5, 5.41) is 9.78. The van der Waals surface area contributed by atoms with Crippen LogP contribution in [-0.2, 0) is 22.5 Å². The topological polar surface area (TPSA) is 101 Å². The maximum atomic E-state index is 12.3. The van der Waals surface area contributed by atoms with E-state index < -0.39 is 0 Å². The molecule has 2 atom stereocenters. The molecule has 0 saturated carbocycles. The van der Waals surface area contributed by atoms with Gasteiger partial charge >= 0.3 is 4.87 Å². The van der Waals surface area contributed by atoms with E-state index >= 15 is 0 Å². The number of amides is 1. The zero-order valence-corrected chi connectivity index (χ0v) is 19.5. The second kappa shape index (κ2) is 10.3. The Morgan fingerprint density at radius 2 is 2.00 bits per heavy atom. The zero-order chi connectivity index (χ0) is 23.4. The number of aromatic nitrogens is 1. The highest BCUT2D eigenvalue weighted by Crippen LogP contribution is 2.27. The Labute approximate surface area is 197 Å². The Kier molecular flexibility index (Phi) is 7.23. The van der Waals surface area contributed by atoms with Crippen molar-refractivity contribution in [3.05, 3.63) is 57.7 Å². The SMILES string of the molecule is COCCn1c(=O)sc2ccc(-c3ccc(C[C@@H](C#N)N4CCCCC4C(N)=O)cc3)cc21. The number of nitriles is 1. The van der Waals surface area contributed by atoms with Crippen LogP contribution in [0, 0.1) is 11.3 Å². The largest absolute Gasteiger partial charge is 0.383 e. The number of likely N-dealkylation sites (tertiary alicyclic amines) is 1. The summed E-state index contributed by atoms with van der Waals surface area (Å²) in [6.45, 7) is 1.73. The van der Waals surface area contributed by atoms with E-state index in [-0.39, 0.29) is 22.9 Å². The lowest BCUT2D eigenvalue weighted by molar-refractivity contribution is -0.125. The van der Waals surface area contributed by atoms with Gasteiger partial charge in [-0.15, -0.1) is 0 Å². The summed E-state index contributed by atoms with van der Waals surface area (Å²) in [7, 11) is 1.63. The normalized spacial score (nSPS) is 17.6. The Morgan fingerprint density at radius 1 is 1.24 bits per heavy atom. The minimum absolute atomic E-state index is 0.0177. The lowest BCUT2D eigenvalue weighted by Crippen LogP contribution is -2.52. The molecule has 172 valence electrons. The first-order chi connectivity index (χ1) is 16.0. The quantitative estimate of drug-likeness (QED) is 0.552. The Bertz CT molecular complexity index is 1230. The van der Waals surface area contributed by atoms with Crippen LogP contribution in [-0.4, -0.2) is 47.7 Å². The Balaban J connectivity index is 1.54. The van der Waals surface area contributed by atoms with Gasteiger partial charge in [0, 0.05) is 20.1 Å². The summed E-state index contributed by atoms with van der Waals surface area (Å²) in [4.78, 5) is 26.2. The van der Waals surface area contributed by atoms with E-state index in [1.165, 1.54) is 11.3 Å². The van der Waals surface area contributed by atoms with Crippen molar-refractivity contribution in [3.8, 4) is 17.2 Å². The molecule has 0 bridgehead atoms. The standard InChI is InChI=1S/C25H28N4O3S/c1-32-13-12-29-22-15-19(9-10-23(22)33-25(29)31)18-7-5-17(6-8-18)14-20(16-26)28-11-3-2-4-21(28)24(27)30/h5-10,15,20-21H,2-4,11-14H2,1H3,(H2,27,30)/t20-,21?/m0/s1. The van der Waals surface area contributed by atoms with E-state index in [0.29, 0.717) is 26.0 Å². The van der Waals surface area contributed by atoms with Gasteiger partial charge in [-0.2, -0.15) is 5.26 Å². The van der Waals surface area contributed by atoms with Crippen LogP contribution < -0.4 is 10.6 Å². The van der Waals surface area contributed by atoms with Crippen LogP contribution in [0.5, 0.6) is 0 Å². The van der Waals surface area contributed by atoms with E-state index in [2.05, 4.69) is 6.07 Å². The van der Waals surface area contributed by atoms with Crippen molar-refractivity contribution < 1.29 is 9.53 Å². The molecule has 8 heteroatoms. The fraction of sp³-hybridized carbons (Fsp3) is 0.400. The van der Waals surface area contributed by atoms with Gasteiger partial charge in [-0.1, -0.05) is 48.1 Å². The van der Waals surface area contributed by atoms with E-state index in [4.69, 9.17) is 10.5 Å². The third kappa shape index (κ3) is 5.01. The van der Waals surface area contributed by atoms with E-state index in [1.807, 2.05) is 47.4 Å². The molecule has 0 spiro atoms. The van der Waals surface area contributed by atoms with Crippen LogP contribution in [0.4, 0.5) is 0 Å². The van der Waals surface area contributed by atoms with Crippen LogP contribution in [0.2, 0.25) is 0 Å². The number of nitrogens with two attached hydrogens (primary N) is 1. The highest BCUT2D eigenvalue weighted by atomic mass is 32.1. The molecule has 1 aliphatic heterocycles. The molecule has 0 aliphatic carbocycles. The molecular formula is C25H28N4O3S. The third-order valence-corrected chi connectivity index (χ3v) is 7.28. The number of rotatable bonds is 8. The molecule has 2 aromatic carbocycles. The second-order valence-electron chi connectivity index (χ2n) is 8.39. The van der Waals surface area contributed by atoms with Crippen molar-refractivity contribution in [2.24, 2.45) is 5.73 Å². The Hall–Kier alpha value is -2.99. The number of methoxy groups -OCH3 is 1. The smallest absolute Gasteiger partial charge is 0.308 e. The number of piperidine rings is 1. The molecule has 1 fully saturated rings. The van der Waals surface area contributed by atoms with Crippen molar-refractivity contribution in [3.63, 3.8) is 0 Å². The van der Waals surface area contributed by atoms with Crippen LogP contribution in [0.25, 0.3) is 21.3 Å². The number of fused-ring (bicyclic) bond motifs is 1. The number of carbonyl (C=O) groups is 1. The lowest BCUT2D eigenvalue weighted by atomic mass is 9.95. The first-order valence-corrected chi connectivity index (χ1v) is 12.0. The molecule has 1 aromatic heterocycles. The number of primary amides is 1. The highest BCUT2D eigenvalue weighted by Gasteiger charge is 2.32. The maximum Gasteiger partial charge on any atom is 0.308 e. The molecule has 1 aliphatic rings. The summed E-state index contributed by atoms with van der Waals surface area (Å²) < 4.78 is 7.86. The predicted molar refractivity (Wildman–Crippen MR) is 130 cm³/mol. The average Bonchev–Trinajstić information content (AvgIpc) is 3.15. The summed E-state index contributed by atoms with van der Waals surface area (Å²) in [5.41, 5.74) is 9.60. The third-order valence-electron chi connectivity index (χ3n) is 6.32. The minimum atomic E-state index is -0.383. The fourth-order valence-electron chi connectivity index (χ4n) is 4.56. The number of thiazole rings is 1. The van der Waals surface area contributed by atoms with E-state index in [9.17, 15) is 14.9 Å². The first kappa shape index (κ1) is 23.2. The first-order valence-electron chi connectivity index (χ1n) is 11.2. The van der Waals surface area contributed by atoms with Crippen LogP contribution in [0.15, 0.2) is 47.3 Å². The van der Waals surface area contributed by atoms with Gasteiger partial charge in [-0.3, -0.25) is 19.1 Å². The van der Waals surface area contributed by atoms with Gasteiger partial charge in [0.1, 0.15) is 6.04 Å². The van der Waals surface area contributed by atoms with Gasteiger partial charge in [0.05, 0.1) is 35.5 Å². The molecule has 2 N–H and O–H groups in total. The number of hydrogen-bond acceptors (Lipinski definition) is 6. The van der Waals surface area contributed by atoms with Gasteiger partial charge in [-0.25, -0.2) is 0 Å². The van der Waals surface area contributed by atoms with Gasteiger partial charge < -0.3 is 10.5 Å². The average molecular weight is 465 g/mol. The monoisotopic (exact) mass is 464 g/mol. The van der Waals surface area contributed by atoms with Gasteiger partial charge in [0.25, 0.3) is 0 Å². The number of benzene rings is 2. The summed E-state index contributed by atoms with van der Waals surface area (Å²) >= 11 is 1.24. The highest BCUT2D eigenvalue weighted by molar-refractivity contribution is 7.16. The molecular weight excluding hydrogens is 436 g/mol. The minimum Gasteiger partial charge on any atom is -0.383 e. The molecule has 1 unspecified atom stereocenters. The van der Waals surface area contributed by atoms with Gasteiger partial charge in [-0.05, 0) is 41.7 Å². The number of carbonyl (C=O) groups excluding carboxylic acids is 1. The van der Waals surface area contributed by atoms with Gasteiger partial charge in [0.15, 0.2) is 0 Å². The predicted octanol–water partition coefficient (Wildman–Crippen LogP) is 3.15. The summed E-state index contributed by atoms with van der Waals surface area (Å²) in [6.07, 6.45) is 3.19. The number of nitrogens with zero attached hydrogens (tertiary/aromatic N) is 3. The fourth-order valence-corrected chi connectivity index (χ4v) is 5.46. The molecule has 3 aromatic rings. The second-order valence-corrected chi connectivity index (χ2v) is 9.39. The van der Waals surface area contributed by atoms with Crippen molar-refractivity contribution in [2.75, 3.05) is 20.3 Å². The van der Waals surface area contributed by atoms with E-state index in [0.717, 1.165) is 46.3 Å². The van der Waals surface area contributed by atoms with E-state index in [1.54, 1.807) is 11.7 Å². The van der Waals surface area contributed by atoms with Crippen LogP contribution in [0.1, 0.15) is 24.8 Å². The molecule has 33 heavy (non-hydrogen) atoms. The van der Waals surface area contributed by atoms with Crippen molar-refractivity contribution >= 4 is 27.5 Å². The van der Waals surface area contributed by atoms with Crippen molar-refractivity contribution in [1.29, 1.82) is 5.26 Å². The zero-order valence-electron chi connectivity index (χ0n) is 18.7. The molecule has 0 radical (unpaired) electrons. The molecule has 1 amide bonds. The van der Waals surface area contributed by atoms with Crippen molar-refractivity contribution in [1.82, 2.24) is 9.47 Å². The Morgan fingerprint density at radius 3 is 2.70 bits per heavy atom. The lowest BCUT2D eigenvalue weighted by Gasteiger charge is -2.36. The summed E-state index contributed by atoms with van der Waals surface area (Å²) in [6, 6.07) is 15.8. The summed E-state index contributed by atoms with van der Waals surface area (Å²) in [5.74, 6) is -0.349. The van der Waals surface area contributed by atoms with Gasteiger partial charge in [0.2, 0.25) is 5.91 Å². The maximum absolute atomic E-state index is 12.3. The molecule has 2 heterocycles.